The summed E-state index contributed by atoms with van der Waals surface area (Å²) in [4.78, 5) is 13.0. The Labute approximate surface area is 105 Å². The summed E-state index contributed by atoms with van der Waals surface area (Å²) in [6.07, 6.45) is 5.30. The zero-order valence-electron chi connectivity index (χ0n) is 10.3. The van der Waals surface area contributed by atoms with Crippen molar-refractivity contribution in [3.05, 3.63) is 29.6 Å². The van der Waals surface area contributed by atoms with E-state index >= 15 is 0 Å². The third kappa shape index (κ3) is 2.32. The van der Waals surface area contributed by atoms with E-state index in [9.17, 15) is 0 Å². The SMILES string of the molecule is Cc1cc(C2CCC2)nc(NCc2ncn[nH]2)n1. The zero-order valence-corrected chi connectivity index (χ0v) is 10.3. The Balaban J connectivity index is 1.72. The molecule has 0 atom stereocenters. The second-order valence-electron chi connectivity index (χ2n) is 4.67. The lowest BCUT2D eigenvalue weighted by Crippen LogP contribution is -2.13. The molecule has 0 radical (unpaired) electrons. The predicted octanol–water partition coefficient (Wildman–Crippen LogP) is 1.78. The highest BCUT2D eigenvalue weighted by molar-refractivity contribution is 5.30. The number of nitrogens with one attached hydrogen (secondary N) is 2. The highest BCUT2D eigenvalue weighted by Gasteiger charge is 2.21. The number of aromatic amines is 1. The fourth-order valence-electron chi connectivity index (χ4n) is 2.06. The zero-order chi connectivity index (χ0) is 12.4. The molecule has 18 heavy (non-hydrogen) atoms. The van der Waals surface area contributed by atoms with Crippen LogP contribution in [0, 0.1) is 6.92 Å². The van der Waals surface area contributed by atoms with Gasteiger partial charge in [-0.2, -0.15) is 5.10 Å². The monoisotopic (exact) mass is 244 g/mol. The summed E-state index contributed by atoms with van der Waals surface area (Å²) in [6, 6.07) is 2.09. The Morgan fingerprint density at radius 2 is 2.28 bits per heavy atom. The standard InChI is InChI=1S/C12H16N6/c1-8-5-10(9-3-2-4-9)17-12(16-8)13-6-11-14-7-15-18-11/h5,7,9H,2-4,6H2,1H3,(H,13,16,17)(H,14,15,18). The molecule has 0 aliphatic heterocycles. The Bertz CT molecular complexity index is 517. The van der Waals surface area contributed by atoms with Gasteiger partial charge in [-0.15, -0.1) is 0 Å². The lowest BCUT2D eigenvalue weighted by Gasteiger charge is -2.25. The normalized spacial score (nSPS) is 15.4. The fraction of sp³-hybridized carbons (Fsp3) is 0.500. The van der Waals surface area contributed by atoms with Gasteiger partial charge in [-0.05, 0) is 25.8 Å². The highest BCUT2D eigenvalue weighted by Crippen LogP contribution is 2.35. The number of anilines is 1. The number of aryl methyl sites for hydroxylation is 1. The quantitative estimate of drug-likeness (QED) is 0.857. The average molecular weight is 244 g/mol. The molecule has 2 aromatic heterocycles. The van der Waals surface area contributed by atoms with Crippen LogP contribution < -0.4 is 5.32 Å². The number of aromatic nitrogens is 5. The van der Waals surface area contributed by atoms with Crippen molar-refractivity contribution in [2.24, 2.45) is 0 Å². The first-order valence-electron chi connectivity index (χ1n) is 6.25. The third-order valence-electron chi connectivity index (χ3n) is 3.28. The molecule has 1 aliphatic rings. The van der Waals surface area contributed by atoms with Crippen LogP contribution in [0.1, 0.15) is 42.4 Å². The van der Waals surface area contributed by atoms with E-state index in [1.54, 1.807) is 0 Å². The number of H-pyrrole nitrogens is 1. The van der Waals surface area contributed by atoms with E-state index in [4.69, 9.17) is 0 Å². The minimum Gasteiger partial charge on any atom is -0.347 e. The van der Waals surface area contributed by atoms with Gasteiger partial charge in [0.2, 0.25) is 5.95 Å². The summed E-state index contributed by atoms with van der Waals surface area (Å²) in [7, 11) is 0. The van der Waals surface area contributed by atoms with E-state index in [1.165, 1.54) is 25.6 Å². The second kappa shape index (κ2) is 4.72. The van der Waals surface area contributed by atoms with E-state index in [-0.39, 0.29) is 0 Å². The average Bonchev–Trinajstić information content (AvgIpc) is 2.76. The molecule has 1 aliphatic carbocycles. The Morgan fingerprint density at radius 3 is 2.94 bits per heavy atom. The summed E-state index contributed by atoms with van der Waals surface area (Å²) in [5, 5.41) is 9.78. The van der Waals surface area contributed by atoms with Crippen LogP contribution in [0.4, 0.5) is 5.95 Å². The van der Waals surface area contributed by atoms with Crippen LogP contribution in [0.2, 0.25) is 0 Å². The predicted molar refractivity (Wildman–Crippen MR) is 67.1 cm³/mol. The number of hydrogen-bond acceptors (Lipinski definition) is 5. The van der Waals surface area contributed by atoms with Gasteiger partial charge in [0.1, 0.15) is 12.2 Å². The summed E-state index contributed by atoms with van der Waals surface area (Å²) < 4.78 is 0. The van der Waals surface area contributed by atoms with Gasteiger partial charge in [0.15, 0.2) is 0 Å². The van der Waals surface area contributed by atoms with Crippen molar-refractivity contribution >= 4 is 5.95 Å². The molecule has 0 unspecified atom stereocenters. The highest BCUT2D eigenvalue weighted by atomic mass is 15.2. The Morgan fingerprint density at radius 1 is 1.39 bits per heavy atom. The number of rotatable bonds is 4. The van der Waals surface area contributed by atoms with E-state index in [0.717, 1.165) is 17.2 Å². The van der Waals surface area contributed by atoms with Crippen LogP contribution in [0.3, 0.4) is 0 Å². The van der Waals surface area contributed by atoms with Crippen LogP contribution in [0.5, 0.6) is 0 Å². The van der Waals surface area contributed by atoms with Crippen molar-refractivity contribution in [1.82, 2.24) is 25.1 Å². The van der Waals surface area contributed by atoms with Gasteiger partial charge in [0.05, 0.1) is 6.54 Å². The molecule has 1 saturated carbocycles. The first kappa shape index (κ1) is 11.1. The first-order chi connectivity index (χ1) is 8.81. The Hall–Kier alpha value is -1.98. The molecule has 3 rings (SSSR count). The second-order valence-corrected chi connectivity index (χ2v) is 4.67. The maximum absolute atomic E-state index is 4.57. The third-order valence-corrected chi connectivity index (χ3v) is 3.28. The van der Waals surface area contributed by atoms with E-state index in [1.807, 2.05) is 6.92 Å². The van der Waals surface area contributed by atoms with Crippen molar-refractivity contribution in [3.63, 3.8) is 0 Å². The van der Waals surface area contributed by atoms with Crippen molar-refractivity contribution in [2.45, 2.75) is 38.6 Å². The number of hydrogen-bond donors (Lipinski definition) is 2. The van der Waals surface area contributed by atoms with Gasteiger partial charge >= 0.3 is 0 Å². The summed E-state index contributed by atoms with van der Waals surface area (Å²) in [5.74, 6) is 2.08. The summed E-state index contributed by atoms with van der Waals surface area (Å²) in [6.45, 7) is 2.57. The molecule has 1 fully saturated rings. The minimum absolute atomic E-state index is 0.563. The lowest BCUT2D eigenvalue weighted by atomic mass is 9.83. The smallest absolute Gasteiger partial charge is 0.223 e. The summed E-state index contributed by atoms with van der Waals surface area (Å²) >= 11 is 0. The van der Waals surface area contributed by atoms with Gasteiger partial charge in [-0.25, -0.2) is 15.0 Å². The van der Waals surface area contributed by atoms with Crippen LogP contribution >= 0.6 is 0 Å². The van der Waals surface area contributed by atoms with Crippen molar-refractivity contribution in [1.29, 1.82) is 0 Å². The molecular weight excluding hydrogens is 228 g/mol. The molecule has 6 nitrogen and oxygen atoms in total. The van der Waals surface area contributed by atoms with Gasteiger partial charge in [-0.1, -0.05) is 6.42 Å². The molecule has 2 aromatic rings. The molecular formula is C12H16N6. The summed E-state index contributed by atoms with van der Waals surface area (Å²) in [5.41, 5.74) is 2.17. The number of nitrogens with zero attached hydrogens (tertiary/aromatic N) is 4. The maximum Gasteiger partial charge on any atom is 0.223 e. The molecule has 0 aromatic carbocycles. The van der Waals surface area contributed by atoms with Crippen molar-refractivity contribution < 1.29 is 0 Å². The van der Waals surface area contributed by atoms with Crippen LogP contribution in [-0.4, -0.2) is 25.1 Å². The molecule has 94 valence electrons. The molecule has 6 heteroatoms. The first-order valence-corrected chi connectivity index (χ1v) is 6.25. The van der Waals surface area contributed by atoms with Gasteiger partial charge in [0.25, 0.3) is 0 Å². The van der Waals surface area contributed by atoms with E-state index in [2.05, 4.69) is 36.5 Å². The van der Waals surface area contributed by atoms with Gasteiger partial charge in [0, 0.05) is 17.3 Å². The van der Waals surface area contributed by atoms with Crippen LogP contribution in [-0.2, 0) is 6.54 Å². The van der Waals surface area contributed by atoms with E-state index < -0.39 is 0 Å². The molecule has 0 spiro atoms. The van der Waals surface area contributed by atoms with Crippen LogP contribution in [0.15, 0.2) is 12.4 Å². The minimum atomic E-state index is 0.563. The largest absolute Gasteiger partial charge is 0.347 e. The maximum atomic E-state index is 4.57. The van der Waals surface area contributed by atoms with E-state index in [0.29, 0.717) is 18.4 Å². The Kier molecular flexibility index (Phi) is 2.92. The topological polar surface area (TPSA) is 79.4 Å². The molecule has 2 heterocycles. The van der Waals surface area contributed by atoms with Crippen molar-refractivity contribution in [3.8, 4) is 0 Å². The van der Waals surface area contributed by atoms with Crippen molar-refractivity contribution in [2.75, 3.05) is 5.32 Å². The van der Waals surface area contributed by atoms with Gasteiger partial charge < -0.3 is 5.32 Å². The molecule has 0 amide bonds. The van der Waals surface area contributed by atoms with Gasteiger partial charge in [-0.3, -0.25) is 5.10 Å². The van der Waals surface area contributed by atoms with Crippen LogP contribution in [0.25, 0.3) is 0 Å². The molecule has 0 bridgehead atoms. The fourth-order valence-corrected chi connectivity index (χ4v) is 2.06. The lowest BCUT2D eigenvalue weighted by molar-refractivity contribution is 0.410. The molecule has 2 N–H and O–H groups in total. The molecule has 0 saturated heterocycles.